The highest BCUT2D eigenvalue weighted by Crippen LogP contribution is 2.37. The number of nitrogens with one attached hydrogen (secondary N) is 2. The number of nitrogens with zero attached hydrogens (tertiary/aromatic N) is 4. The highest BCUT2D eigenvalue weighted by atomic mass is 19.4. The fourth-order valence-corrected chi connectivity index (χ4v) is 4.32. The molecule has 2 bridgehead atoms. The molecular formula is C20H22F4N6O. The molecule has 0 spiro atoms. The number of hydrogen-bond donors (Lipinski definition) is 2. The minimum absolute atomic E-state index is 0.0713. The molecule has 2 unspecified atom stereocenters. The van der Waals surface area contributed by atoms with Gasteiger partial charge in [0.1, 0.15) is 11.6 Å². The highest BCUT2D eigenvalue weighted by Gasteiger charge is 2.41. The number of anilines is 4. The van der Waals surface area contributed by atoms with Crippen LogP contribution in [-0.2, 0) is 10.9 Å². The van der Waals surface area contributed by atoms with E-state index in [-0.39, 0.29) is 29.6 Å². The molecule has 31 heavy (non-hydrogen) atoms. The Morgan fingerprint density at radius 3 is 2.58 bits per heavy atom. The smallest absolute Gasteiger partial charge is 0.374 e. The van der Waals surface area contributed by atoms with E-state index >= 15 is 4.39 Å². The molecule has 2 atom stereocenters. The standard InChI is InChI=1S/C20H22F4N6O/c21-18-15(29-5-3-25-4-6-29)8-17(27-16-2-1-12(9-26-16)20(22,23)24)28-19(18)30-10-14-7-13(30)11-31-14/h1-2,8-9,13-14,25H,3-7,10-11H2,(H,26,27,28). The zero-order chi connectivity index (χ0) is 21.6. The van der Waals surface area contributed by atoms with Crippen molar-refractivity contribution in [2.75, 3.05) is 54.4 Å². The summed E-state index contributed by atoms with van der Waals surface area (Å²) >= 11 is 0. The van der Waals surface area contributed by atoms with Gasteiger partial charge in [0.25, 0.3) is 0 Å². The summed E-state index contributed by atoms with van der Waals surface area (Å²) in [6, 6.07) is 3.86. The highest BCUT2D eigenvalue weighted by molar-refractivity contribution is 5.67. The zero-order valence-electron chi connectivity index (χ0n) is 16.6. The third-order valence-electron chi connectivity index (χ3n) is 5.90. The largest absolute Gasteiger partial charge is 0.417 e. The van der Waals surface area contributed by atoms with Gasteiger partial charge in [0.2, 0.25) is 0 Å². The van der Waals surface area contributed by atoms with Crippen molar-refractivity contribution >= 4 is 23.1 Å². The van der Waals surface area contributed by atoms with E-state index in [1.54, 1.807) is 6.07 Å². The quantitative estimate of drug-likeness (QED) is 0.712. The monoisotopic (exact) mass is 438 g/mol. The maximum atomic E-state index is 15.6. The zero-order valence-corrected chi connectivity index (χ0v) is 16.6. The van der Waals surface area contributed by atoms with E-state index in [1.165, 1.54) is 6.07 Å². The van der Waals surface area contributed by atoms with Gasteiger partial charge in [0.05, 0.1) is 30.0 Å². The summed E-state index contributed by atoms with van der Waals surface area (Å²) < 4.78 is 59.6. The van der Waals surface area contributed by atoms with Crippen molar-refractivity contribution in [1.29, 1.82) is 0 Å². The summed E-state index contributed by atoms with van der Waals surface area (Å²) in [6.07, 6.45) is -2.79. The number of morpholine rings is 1. The first-order chi connectivity index (χ1) is 14.9. The lowest BCUT2D eigenvalue weighted by atomic mass is 10.2. The Labute approximate surface area is 176 Å². The average Bonchev–Trinajstić information content (AvgIpc) is 3.39. The van der Waals surface area contributed by atoms with Gasteiger partial charge in [-0.3, -0.25) is 0 Å². The van der Waals surface area contributed by atoms with Gasteiger partial charge in [-0.2, -0.15) is 13.2 Å². The molecule has 5 rings (SSSR count). The normalized spacial score (nSPS) is 23.5. The molecule has 0 aliphatic carbocycles. The van der Waals surface area contributed by atoms with Gasteiger partial charge < -0.3 is 25.2 Å². The summed E-state index contributed by atoms with van der Waals surface area (Å²) in [5, 5.41) is 6.18. The summed E-state index contributed by atoms with van der Waals surface area (Å²) in [6.45, 7) is 3.87. The molecule has 2 N–H and O–H groups in total. The Hall–Kier alpha value is -2.66. The van der Waals surface area contributed by atoms with Crippen molar-refractivity contribution in [2.45, 2.75) is 24.7 Å². The van der Waals surface area contributed by atoms with Crippen LogP contribution in [0.5, 0.6) is 0 Å². The van der Waals surface area contributed by atoms with E-state index in [9.17, 15) is 13.2 Å². The van der Waals surface area contributed by atoms with E-state index < -0.39 is 11.7 Å². The predicted octanol–water partition coefficient (Wildman–Crippen LogP) is 2.77. The molecule has 7 nitrogen and oxygen atoms in total. The lowest BCUT2D eigenvalue weighted by molar-refractivity contribution is -0.137. The van der Waals surface area contributed by atoms with Gasteiger partial charge >= 0.3 is 6.18 Å². The van der Waals surface area contributed by atoms with Crippen LogP contribution >= 0.6 is 0 Å². The van der Waals surface area contributed by atoms with Crippen LogP contribution in [0.25, 0.3) is 0 Å². The van der Waals surface area contributed by atoms with Crippen LogP contribution in [0.2, 0.25) is 0 Å². The molecule has 3 fully saturated rings. The second-order valence-electron chi connectivity index (χ2n) is 7.95. The maximum Gasteiger partial charge on any atom is 0.417 e. The van der Waals surface area contributed by atoms with Crippen LogP contribution in [0.3, 0.4) is 0 Å². The molecule has 0 aromatic carbocycles. The van der Waals surface area contributed by atoms with E-state index in [0.29, 0.717) is 37.7 Å². The van der Waals surface area contributed by atoms with Gasteiger partial charge in [-0.15, -0.1) is 0 Å². The van der Waals surface area contributed by atoms with Crippen molar-refractivity contribution in [3.8, 4) is 0 Å². The number of alkyl halides is 3. The maximum absolute atomic E-state index is 15.6. The Morgan fingerprint density at radius 2 is 1.97 bits per heavy atom. The van der Waals surface area contributed by atoms with Crippen LogP contribution in [0.1, 0.15) is 12.0 Å². The summed E-state index contributed by atoms with van der Waals surface area (Å²) in [5.74, 6) is 0.387. The van der Waals surface area contributed by atoms with Crippen molar-refractivity contribution < 1.29 is 22.3 Å². The molecule has 11 heteroatoms. The molecule has 0 radical (unpaired) electrons. The molecule has 3 aliphatic rings. The second kappa shape index (κ2) is 7.79. The molecule has 2 aromatic heterocycles. The first-order valence-corrected chi connectivity index (χ1v) is 10.2. The molecule has 3 saturated heterocycles. The molecule has 2 aromatic rings. The summed E-state index contributed by atoms with van der Waals surface area (Å²) in [5.41, 5.74) is -0.412. The second-order valence-corrected chi connectivity index (χ2v) is 7.95. The number of halogens is 4. The number of piperazine rings is 1. The van der Waals surface area contributed by atoms with Crippen LogP contribution in [0.4, 0.5) is 40.7 Å². The molecular weight excluding hydrogens is 416 g/mol. The molecule has 5 heterocycles. The minimum Gasteiger partial charge on any atom is -0.374 e. The average molecular weight is 438 g/mol. The number of fused-ring (bicyclic) bond motifs is 2. The third-order valence-corrected chi connectivity index (χ3v) is 5.90. The first-order valence-electron chi connectivity index (χ1n) is 10.2. The van der Waals surface area contributed by atoms with E-state index in [2.05, 4.69) is 20.6 Å². The van der Waals surface area contributed by atoms with Crippen molar-refractivity contribution in [2.24, 2.45) is 0 Å². The van der Waals surface area contributed by atoms with Gasteiger partial charge in [0, 0.05) is 45.0 Å². The topological polar surface area (TPSA) is 65.5 Å². The van der Waals surface area contributed by atoms with Crippen molar-refractivity contribution in [3.63, 3.8) is 0 Å². The van der Waals surface area contributed by atoms with Crippen molar-refractivity contribution in [1.82, 2.24) is 15.3 Å². The molecule has 0 amide bonds. The number of aromatic nitrogens is 2. The number of rotatable bonds is 4. The van der Waals surface area contributed by atoms with E-state index in [4.69, 9.17) is 4.74 Å². The Balaban J connectivity index is 1.48. The van der Waals surface area contributed by atoms with Crippen LogP contribution in [0, 0.1) is 5.82 Å². The Kier molecular flexibility index (Phi) is 5.09. The number of ether oxygens (including phenoxy) is 1. The van der Waals surface area contributed by atoms with Gasteiger partial charge in [-0.25, -0.2) is 14.4 Å². The summed E-state index contributed by atoms with van der Waals surface area (Å²) in [7, 11) is 0. The van der Waals surface area contributed by atoms with Gasteiger partial charge in [-0.1, -0.05) is 0 Å². The minimum atomic E-state index is -4.46. The fourth-order valence-electron chi connectivity index (χ4n) is 4.32. The lowest BCUT2D eigenvalue weighted by Crippen LogP contribution is -2.44. The van der Waals surface area contributed by atoms with Crippen LogP contribution in [0.15, 0.2) is 24.4 Å². The van der Waals surface area contributed by atoms with Crippen molar-refractivity contribution in [3.05, 3.63) is 35.8 Å². The van der Waals surface area contributed by atoms with E-state index in [0.717, 1.165) is 31.8 Å². The van der Waals surface area contributed by atoms with Crippen LogP contribution < -0.4 is 20.4 Å². The first kappa shape index (κ1) is 20.3. The molecule has 0 saturated carbocycles. The number of pyridine rings is 2. The van der Waals surface area contributed by atoms with Gasteiger partial charge in [-0.05, 0) is 18.6 Å². The molecule has 3 aliphatic heterocycles. The summed E-state index contributed by atoms with van der Waals surface area (Å²) in [4.78, 5) is 12.2. The van der Waals surface area contributed by atoms with E-state index in [1.807, 2.05) is 9.80 Å². The van der Waals surface area contributed by atoms with Crippen LogP contribution in [-0.4, -0.2) is 61.4 Å². The SMILES string of the molecule is Fc1c(N2CCNCC2)cc(Nc2ccc(C(F)(F)F)cn2)nc1N1CC2CC1CO2. The Morgan fingerprint density at radius 1 is 1.16 bits per heavy atom. The molecule has 166 valence electrons. The fraction of sp³-hybridized carbons (Fsp3) is 0.500. The third kappa shape index (κ3) is 3.99. The number of hydrogen-bond acceptors (Lipinski definition) is 7. The predicted molar refractivity (Wildman–Crippen MR) is 107 cm³/mol. The van der Waals surface area contributed by atoms with Gasteiger partial charge in [0.15, 0.2) is 11.6 Å². The lowest BCUT2D eigenvalue weighted by Gasteiger charge is -2.33. The Bertz CT molecular complexity index is 948.